The molecule has 0 radical (unpaired) electrons. The van der Waals surface area contributed by atoms with Crippen LogP contribution in [-0.2, 0) is 14.6 Å². The second-order valence-corrected chi connectivity index (χ2v) is 4.96. The Balaban J connectivity index is 2.86. The number of primary amides is 1. The standard InChI is InChI=1S/C9H8N2O3S/c10-7-5-3-1-2-4-6(5)15(13,14)8(7)9(11)12/h1-4H,10H2,(H2,11,12). The first-order valence-electron chi connectivity index (χ1n) is 4.10. The van der Waals surface area contributed by atoms with E-state index in [0.717, 1.165) is 0 Å². The van der Waals surface area contributed by atoms with Crippen molar-refractivity contribution in [3.63, 3.8) is 0 Å². The van der Waals surface area contributed by atoms with Crippen molar-refractivity contribution in [3.05, 3.63) is 34.7 Å². The van der Waals surface area contributed by atoms with E-state index in [1.54, 1.807) is 12.1 Å². The second-order valence-electron chi connectivity index (χ2n) is 3.11. The molecule has 1 aromatic rings. The predicted octanol–water partition coefficient (Wildman–Crippen LogP) is -0.413. The third kappa shape index (κ3) is 1.15. The Morgan fingerprint density at radius 3 is 2.33 bits per heavy atom. The van der Waals surface area contributed by atoms with E-state index >= 15 is 0 Å². The molecule has 78 valence electrons. The van der Waals surface area contributed by atoms with Gasteiger partial charge in [-0.2, -0.15) is 0 Å². The van der Waals surface area contributed by atoms with Crippen LogP contribution in [0.2, 0.25) is 0 Å². The van der Waals surface area contributed by atoms with Crippen molar-refractivity contribution >= 4 is 21.4 Å². The lowest BCUT2D eigenvalue weighted by atomic mass is 10.1. The van der Waals surface area contributed by atoms with E-state index in [1.807, 2.05) is 0 Å². The third-order valence-electron chi connectivity index (χ3n) is 2.20. The van der Waals surface area contributed by atoms with E-state index in [9.17, 15) is 13.2 Å². The van der Waals surface area contributed by atoms with Gasteiger partial charge in [0.2, 0.25) is 9.84 Å². The monoisotopic (exact) mass is 224 g/mol. The molecule has 2 rings (SSSR count). The number of carbonyl (C=O) groups is 1. The van der Waals surface area contributed by atoms with E-state index < -0.39 is 20.6 Å². The molecule has 0 aromatic heterocycles. The molecule has 0 saturated heterocycles. The van der Waals surface area contributed by atoms with Gasteiger partial charge in [-0.3, -0.25) is 4.79 Å². The first kappa shape index (κ1) is 9.72. The van der Waals surface area contributed by atoms with Crippen molar-refractivity contribution < 1.29 is 13.2 Å². The normalized spacial score (nSPS) is 17.6. The summed E-state index contributed by atoms with van der Waals surface area (Å²) in [4.78, 5) is 10.5. The molecule has 0 bridgehead atoms. The van der Waals surface area contributed by atoms with Crippen LogP contribution in [0.5, 0.6) is 0 Å². The van der Waals surface area contributed by atoms with Crippen molar-refractivity contribution in [1.82, 2.24) is 0 Å². The van der Waals surface area contributed by atoms with E-state index in [1.165, 1.54) is 12.1 Å². The van der Waals surface area contributed by atoms with Crippen LogP contribution in [0, 0.1) is 0 Å². The minimum absolute atomic E-state index is 0.0382. The minimum atomic E-state index is -3.81. The summed E-state index contributed by atoms with van der Waals surface area (Å²) in [6.45, 7) is 0. The summed E-state index contributed by atoms with van der Waals surface area (Å²) in [6, 6.07) is 6.14. The fourth-order valence-corrected chi connectivity index (χ4v) is 3.18. The van der Waals surface area contributed by atoms with Crippen LogP contribution >= 0.6 is 0 Å². The fourth-order valence-electron chi connectivity index (χ4n) is 1.57. The molecule has 0 spiro atoms. The molecule has 1 heterocycles. The molecule has 1 amide bonds. The van der Waals surface area contributed by atoms with Crippen LogP contribution in [0.15, 0.2) is 34.1 Å². The molecule has 15 heavy (non-hydrogen) atoms. The fraction of sp³-hybridized carbons (Fsp3) is 0. The maximum Gasteiger partial charge on any atom is 0.262 e. The summed E-state index contributed by atoms with van der Waals surface area (Å²) in [5, 5.41) is 0. The SMILES string of the molecule is NC(=O)C1=C(N)c2ccccc2S1(=O)=O. The van der Waals surface area contributed by atoms with E-state index in [0.29, 0.717) is 5.56 Å². The summed E-state index contributed by atoms with van der Waals surface area (Å²) in [7, 11) is -3.81. The summed E-state index contributed by atoms with van der Waals surface area (Å²) in [6.07, 6.45) is 0. The Bertz CT molecular complexity index is 587. The largest absolute Gasteiger partial charge is 0.397 e. The van der Waals surface area contributed by atoms with Gasteiger partial charge in [-0.05, 0) is 6.07 Å². The van der Waals surface area contributed by atoms with Gasteiger partial charge in [0.15, 0.2) is 4.91 Å². The third-order valence-corrected chi connectivity index (χ3v) is 4.10. The maximum atomic E-state index is 11.8. The van der Waals surface area contributed by atoms with Gasteiger partial charge in [-0.1, -0.05) is 18.2 Å². The summed E-state index contributed by atoms with van der Waals surface area (Å²) < 4.78 is 23.6. The molecule has 0 fully saturated rings. The number of carbonyl (C=O) groups excluding carboxylic acids is 1. The predicted molar refractivity (Wildman–Crippen MR) is 53.9 cm³/mol. The quantitative estimate of drug-likeness (QED) is 0.676. The molecule has 0 unspecified atom stereocenters. The van der Waals surface area contributed by atoms with Crippen molar-refractivity contribution in [1.29, 1.82) is 0 Å². The van der Waals surface area contributed by atoms with Crippen molar-refractivity contribution in [3.8, 4) is 0 Å². The number of benzene rings is 1. The lowest BCUT2D eigenvalue weighted by Gasteiger charge is -1.97. The molecular formula is C9H8N2O3S. The Hall–Kier alpha value is -1.82. The molecule has 4 N–H and O–H groups in total. The van der Waals surface area contributed by atoms with Crippen LogP contribution in [0.4, 0.5) is 0 Å². The lowest BCUT2D eigenvalue weighted by Crippen LogP contribution is -2.20. The van der Waals surface area contributed by atoms with Gasteiger partial charge in [-0.15, -0.1) is 0 Å². The Morgan fingerprint density at radius 1 is 1.20 bits per heavy atom. The zero-order valence-electron chi connectivity index (χ0n) is 7.60. The summed E-state index contributed by atoms with van der Waals surface area (Å²) in [5.41, 5.74) is 10.8. The number of hydrogen-bond acceptors (Lipinski definition) is 4. The van der Waals surface area contributed by atoms with Gasteiger partial charge >= 0.3 is 0 Å². The van der Waals surface area contributed by atoms with Crippen LogP contribution in [0.3, 0.4) is 0 Å². The molecule has 5 nitrogen and oxygen atoms in total. The molecule has 1 aromatic carbocycles. The van der Waals surface area contributed by atoms with Crippen LogP contribution < -0.4 is 11.5 Å². The second kappa shape index (κ2) is 2.83. The number of nitrogens with two attached hydrogens (primary N) is 2. The number of hydrogen-bond donors (Lipinski definition) is 2. The summed E-state index contributed by atoms with van der Waals surface area (Å²) >= 11 is 0. The molecule has 6 heteroatoms. The number of rotatable bonds is 1. The maximum absolute atomic E-state index is 11.8. The Labute approximate surface area is 86.3 Å². The van der Waals surface area contributed by atoms with Gasteiger partial charge in [0.25, 0.3) is 5.91 Å². The highest BCUT2D eigenvalue weighted by Gasteiger charge is 2.37. The van der Waals surface area contributed by atoms with Gasteiger partial charge in [0.05, 0.1) is 10.6 Å². The average molecular weight is 224 g/mol. The average Bonchev–Trinajstić information content (AvgIpc) is 2.36. The zero-order valence-corrected chi connectivity index (χ0v) is 8.41. The zero-order chi connectivity index (χ0) is 11.2. The van der Waals surface area contributed by atoms with Crippen molar-refractivity contribution in [2.75, 3.05) is 0 Å². The number of sulfone groups is 1. The topological polar surface area (TPSA) is 103 Å². The molecule has 0 atom stereocenters. The van der Waals surface area contributed by atoms with Gasteiger partial charge in [-0.25, -0.2) is 8.42 Å². The molecule has 1 aliphatic rings. The highest BCUT2D eigenvalue weighted by molar-refractivity contribution is 7.97. The number of amides is 1. The van der Waals surface area contributed by atoms with Gasteiger partial charge < -0.3 is 11.5 Å². The highest BCUT2D eigenvalue weighted by Crippen LogP contribution is 2.35. The van der Waals surface area contributed by atoms with Gasteiger partial charge in [0.1, 0.15) is 0 Å². The first-order chi connectivity index (χ1) is 6.96. The van der Waals surface area contributed by atoms with Crippen LogP contribution in [0.25, 0.3) is 5.70 Å². The smallest absolute Gasteiger partial charge is 0.262 e. The van der Waals surface area contributed by atoms with Crippen molar-refractivity contribution in [2.45, 2.75) is 4.90 Å². The van der Waals surface area contributed by atoms with E-state index in [4.69, 9.17) is 11.5 Å². The minimum Gasteiger partial charge on any atom is -0.397 e. The first-order valence-corrected chi connectivity index (χ1v) is 5.58. The molecule has 1 aliphatic heterocycles. The Kier molecular flexibility index (Phi) is 1.84. The van der Waals surface area contributed by atoms with Gasteiger partial charge in [0, 0.05) is 5.56 Å². The molecular weight excluding hydrogens is 216 g/mol. The molecule has 0 saturated carbocycles. The summed E-state index contributed by atoms with van der Waals surface area (Å²) in [5.74, 6) is -1.02. The van der Waals surface area contributed by atoms with Crippen LogP contribution in [0.1, 0.15) is 5.56 Å². The van der Waals surface area contributed by atoms with E-state index in [2.05, 4.69) is 0 Å². The van der Waals surface area contributed by atoms with Crippen molar-refractivity contribution in [2.24, 2.45) is 11.5 Å². The Morgan fingerprint density at radius 2 is 1.80 bits per heavy atom. The highest BCUT2D eigenvalue weighted by atomic mass is 32.2. The lowest BCUT2D eigenvalue weighted by molar-refractivity contribution is -0.113. The van der Waals surface area contributed by atoms with E-state index in [-0.39, 0.29) is 10.6 Å². The number of fused-ring (bicyclic) bond motifs is 1. The molecule has 0 aliphatic carbocycles. The van der Waals surface area contributed by atoms with Crippen LogP contribution in [-0.4, -0.2) is 14.3 Å².